The highest BCUT2D eigenvalue weighted by atomic mass is 16.6. The largest absolute Gasteiger partial charge is 0.461 e. The lowest BCUT2D eigenvalue weighted by Gasteiger charge is -2.07. The zero-order chi connectivity index (χ0) is 13.8. The molecular weight excluding hydrogens is 242 g/mol. The third-order valence-electron chi connectivity index (χ3n) is 1.51. The second kappa shape index (κ2) is 9.88. The Morgan fingerprint density at radius 2 is 1.39 bits per heavy atom. The molecule has 0 aromatic rings. The topological polar surface area (TPSA) is 90.9 Å². The number of ether oxygens (including phenoxy) is 3. The third kappa shape index (κ3) is 8.96. The van der Waals surface area contributed by atoms with Gasteiger partial charge in [-0.2, -0.15) is 0 Å². The molecule has 0 saturated carbocycles. The van der Waals surface area contributed by atoms with Crippen LogP contribution in [0.3, 0.4) is 0 Å². The molecular formula is C11H15NO6. The summed E-state index contributed by atoms with van der Waals surface area (Å²) >= 11 is 0. The zero-order valence-corrected chi connectivity index (χ0v) is 9.85. The van der Waals surface area contributed by atoms with E-state index in [4.69, 9.17) is 0 Å². The van der Waals surface area contributed by atoms with Gasteiger partial charge >= 0.3 is 18.0 Å². The molecule has 0 aliphatic carbocycles. The minimum absolute atomic E-state index is 0.0192. The number of hydrogen-bond donors (Lipinski definition) is 1. The molecule has 0 aliphatic heterocycles. The normalized spacial score (nSPS) is 8.89. The Morgan fingerprint density at radius 1 is 0.889 bits per heavy atom. The quantitative estimate of drug-likeness (QED) is 0.288. The first-order valence-electron chi connectivity index (χ1n) is 5.09. The zero-order valence-electron chi connectivity index (χ0n) is 9.85. The summed E-state index contributed by atoms with van der Waals surface area (Å²) in [5.74, 6) is -1.16. The Kier molecular flexibility index (Phi) is 8.62. The Bertz CT molecular complexity index is 295. The minimum Gasteiger partial charge on any atom is -0.461 e. The van der Waals surface area contributed by atoms with Crippen LogP contribution in [0.1, 0.15) is 0 Å². The summed E-state index contributed by atoms with van der Waals surface area (Å²) < 4.78 is 13.8. The first-order chi connectivity index (χ1) is 8.60. The molecule has 100 valence electrons. The number of rotatable bonds is 8. The molecule has 0 radical (unpaired) electrons. The van der Waals surface area contributed by atoms with E-state index in [1.54, 1.807) is 0 Å². The predicted octanol–water partition coefficient (Wildman–Crippen LogP) is 0.171. The fourth-order valence-corrected chi connectivity index (χ4v) is 0.750. The molecule has 1 N–H and O–H groups in total. The second-order valence-electron chi connectivity index (χ2n) is 2.81. The number of alkyl carbamates (subject to hydrolysis) is 1. The van der Waals surface area contributed by atoms with Gasteiger partial charge in [0, 0.05) is 12.2 Å². The average Bonchev–Trinajstić information content (AvgIpc) is 2.38. The summed E-state index contributed by atoms with van der Waals surface area (Å²) in [5.41, 5.74) is 0. The van der Waals surface area contributed by atoms with Crippen molar-refractivity contribution in [1.29, 1.82) is 0 Å². The van der Waals surface area contributed by atoms with Gasteiger partial charge in [0.05, 0.1) is 6.54 Å². The van der Waals surface area contributed by atoms with Crippen molar-refractivity contribution in [2.24, 2.45) is 0 Å². The Balaban J connectivity index is 3.43. The van der Waals surface area contributed by atoms with Crippen LogP contribution in [0.5, 0.6) is 0 Å². The molecule has 1 amide bonds. The van der Waals surface area contributed by atoms with Gasteiger partial charge in [-0.1, -0.05) is 13.2 Å². The molecule has 18 heavy (non-hydrogen) atoms. The highest BCUT2D eigenvalue weighted by Gasteiger charge is 2.02. The first kappa shape index (κ1) is 15.7. The van der Waals surface area contributed by atoms with Crippen molar-refractivity contribution in [3.05, 3.63) is 25.3 Å². The van der Waals surface area contributed by atoms with Gasteiger partial charge in [-0.15, -0.1) is 0 Å². The molecule has 0 fully saturated rings. The lowest BCUT2D eigenvalue weighted by molar-refractivity contribution is -0.139. The van der Waals surface area contributed by atoms with Gasteiger partial charge in [-0.05, 0) is 0 Å². The van der Waals surface area contributed by atoms with Crippen LogP contribution in [-0.2, 0) is 23.8 Å². The van der Waals surface area contributed by atoms with E-state index >= 15 is 0 Å². The Hall–Kier alpha value is -2.31. The summed E-state index contributed by atoms with van der Waals surface area (Å²) in [5, 5.41) is 2.33. The maximum Gasteiger partial charge on any atom is 0.407 e. The van der Waals surface area contributed by atoms with E-state index in [0.29, 0.717) is 0 Å². The van der Waals surface area contributed by atoms with Gasteiger partial charge in [0.1, 0.15) is 19.8 Å². The fraction of sp³-hybridized carbons (Fsp3) is 0.364. The first-order valence-corrected chi connectivity index (χ1v) is 5.09. The summed E-state index contributed by atoms with van der Waals surface area (Å²) in [4.78, 5) is 32.2. The van der Waals surface area contributed by atoms with Crippen molar-refractivity contribution in [3.63, 3.8) is 0 Å². The SMILES string of the molecule is C=CC(=O)OCCNC(=O)OCCOC(=O)C=C. The smallest absolute Gasteiger partial charge is 0.407 e. The average molecular weight is 257 g/mol. The monoisotopic (exact) mass is 257 g/mol. The molecule has 0 aromatic carbocycles. The van der Waals surface area contributed by atoms with Gasteiger partial charge in [-0.25, -0.2) is 14.4 Å². The lowest BCUT2D eigenvalue weighted by Crippen LogP contribution is -2.29. The van der Waals surface area contributed by atoms with Crippen LogP contribution in [0.2, 0.25) is 0 Å². The molecule has 0 unspecified atom stereocenters. The number of carbonyl (C=O) groups excluding carboxylic acids is 3. The van der Waals surface area contributed by atoms with Crippen LogP contribution in [0.15, 0.2) is 25.3 Å². The van der Waals surface area contributed by atoms with E-state index < -0.39 is 18.0 Å². The van der Waals surface area contributed by atoms with Crippen LogP contribution in [0.4, 0.5) is 4.79 Å². The van der Waals surface area contributed by atoms with Crippen LogP contribution in [0, 0.1) is 0 Å². The molecule has 0 aromatic heterocycles. The number of carbonyl (C=O) groups is 3. The van der Waals surface area contributed by atoms with E-state index in [0.717, 1.165) is 12.2 Å². The number of esters is 2. The highest BCUT2D eigenvalue weighted by molar-refractivity contribution is 5.81. The predicted molar refractivity (Wildman–Crippen MR) is 61.7 cm³/mol. The van der Waals surface area contributed by atoms with Gasteiger partial charge in [0.2, 0.25) is 0 Å². The van der Waals surface area contributed by atoms with Gasteiger partial charge in [0.25, 0.3) is 0 Å². The van der Waals surface area contributed by atoms with Crippen LogP contribution in [-0.4, -0.2) is 44.4 Å². The van der Waals surface area contributed by atoms with Crippen molar-refractivity contribution in [1.82, 2.24) is 5.32 Å². The van der Waals surface area contributed by atoms with E-state index in [2.05, 4.69) is 32.7 Å². The summed E-state index contributed by atoms with van der Waals surface area (Å²) in [6.45, 7) is 6.42. The second-order valence-corrected chi connectivity index (χ2v) is 2.81. The molecule has 0 aliphatic rings. The van der Waals surface area contributed by atoms with Crippen LogP contribution < -0.4 is 5.32 Å². The van der Waals surface area contributed by atoms with Gasteiger partial charge in [0.15, 0.2) is 0 Å². The maximum absolute atomic E-state index is 11.0. The van der Waals surface area contributed by atoms with E-state index in [1.165, 1.54) is 0 Å². The van der Waals surface area contributed by atoms with Crippen LogP contribution in [0.25, 0.3) is 0 Å². The van der Waals surface area contributed by atoms with Crippen molar-refractivity contribution in [3.8, 4) is 0 Å². The minimum atomic E-state index is -0.695. The summed E-state index contributed by atoms with van der Waals surface area (Å²) in [6, 6.07) is 0. The molecule has 7 nitrogen and oxygen atoms in total. The van der Waals surface area contributed by atoms with E-state index in [1.807, 2.05) is 0 Å². The highest BCUT2D eigenvalue weighted by Crippen LogP contribution is 1.83. The molecule has 0 atom stereocenters. The molecule has 7 heteroatoms. The number of amides is 1. The maximum atomic E-state index is 11.0. The van der Waals surface area contributed by atoms with E-state index in [9.17, 15) is 14.4 Å². The van der Waals surface area contributed by atoms with Crippen molar-refractivity contribution in [2.45, 2.75) is 0 Å². The fourth-order valence-electron chi connectivity index (χ4n) is 0.750. The summed E-state index contributed by atoms with van der Waals surface area (Å²) in [7, 11) is 0. The lowest BCUT2D eigenvalue weighted by atomic mass is 10.6. The summed E-state index contributed by atoms with van der Waals surface area (Å²) in [6.07, 6.45) is 1.33. The number of hydrogen-bond acceptors (Lipinski definition) is 6. The number of nitrogens with one attached hydrogen (secondary N) is 1. The standard InChI is InChI=1S/C11H15NO6/c1-3-9(13)16-6-5-12-11(15)18-8-7-17-10(14)4-2/h3-4H,1-2,5-8H2,(H,12,15). The van der Waals surface area contributed by atoms with Crippen LogP contribution >= 0.6 is 0 Å². The van der Waals surface area contributed by atoms with Crippen molar-refractivity contribution in [2.75, 3.05) is 26.4 Å². The van der Waals surface area contributed by atoms with Gasteiger partial charge in [-0.3, -0.25) is 0 Å². The van der Waals surface area contributed by atoms with Crippen molar-refractivity contribution < 1.29 is 28.6 Å². The Morgan fingerprint density at radius 3 is 1.94 bits per heavy atom. The van der Waals surface area contributed by atoms with Crippen molar-refractivity contribution >= 4 is 18.0 Å². The van der Waals surface area contributed by atoms with E-state index in [-0.39, 0.29) is 26.4 Å². The third-order valence-corrected chi connectivity index (χ3v) is 1.51. The molecule has 0 bridgehead atoms. The van der Waals surface area contributed by atoms with Gasteiger partial charge < -0.3 is 19.5 Å². The molecule has 0 saturated heterocycles. The molecule has 0 heterocycles. The Labute approximate surface area is 104 Å². The molecule has 0 spiro atoms. The molecule has 0 rings (SSSR count).